The van der Waals surface area contributed by atoms with E-state index in [-0.39, 0.29) is 6.10 Å². The Balaban J connectivity index is 2.46. The number of hydrogen-bond donors (Lipinski definition) is 1. The lowest BCUT2D eigenvalue weighted by atomic mass is 10.1. The van der Waals surface area contributed by atoms with Gasteiger partial charge < -0.3 is 9.67 Å². The van der Waals surface area contributed by atoms with Crippen LogP contribution in [-0.2, 0) is 6.54 Å². The molecule has 0 saturated carbocycles. The van der Waals surface area contributed by atoms with Crippen molar-refractivity contribution < 1.29 is 5.11 Å². The minimum atomic E-state index is -0.317. The van der Waals surface area contributed by atoms with Crippen molar-refractivity contribution in [1.82, 2.24) is 9.55 Å². The predicted molar refractivity (Wildman–Crippen MR) is 44.1 cm³/mol. The van der Waals surface area contributed by atoms with Crippen molar-refractivity contribution in [3.05, 3.63) is 16.6 Å². The van der Waals surface area contributed by atoms with E-state index in [1.807, 2.05) is 4.57 Å². The lowest BCUT2D eigenvalue weighted by Gasteiger charge is -2.19. The molecule has 1 aliphatic heterocycles. The SMILES string of the molecule is OC1CCCn2c1cnc2Br. The highest BCUT2D eigenvalue weighted by Gasteiger charge is 2.19. The van der Waals surface area contributed by atoms with Gasteiger partial charge in [0.1, 0.15) is 0 Å². The quantitative estimate of drug-likeness (QED) is 0.714. The Bertz CT molecular complexity index is 271. The van der Waals surface area contributed by atoms with Crippen LogP contribution in [0.3, 0.4) is 0 Å². The summed E-state index contributed by atoms with van der Waals surface area (Å²) < 4.78 is 2.83. The van der Waals surface area contributed by atoms with Gasteiger partial charge in [0.2, 0.25) is 0 Å². The van der Waals surface area contributed by atoms with Gasteiger partial charge in [-0.05, 0) is 28.8 Å². The Kier molecular flexibility index (Phi) is 1.73. The molecular formula is C7H9BrN2O. The maximum atomic E-state index is 9.49. The molecule has 0 fully saturated rings. The topological polar surface area (TPSA) is 38.0 Å². The molecule has 11 heavy (non-hydrogen) atoms. The molecule has 0 radical (unpaired) electrons. The summed E-state index contributed by atoms with van der Waals surface area (Å²) in [4.78, 5) is 4.07. The first-order valence-corrected chi connectivity index (χ1v) is 4.47. The fourth-order valence-corrected chi connectivity index (χ4v) is 1.93. The number of rotatable bonds is 0. The third-order valence-corrected chi connectivity index (χ3v) is 2.67. The molecule has 4 heteroatoms. The molecule has 0 amide bonds. The molecule has 1 N–H and O–H groups in total. The molecule has 1 unspecified atom stereocenters. The maximum Gasteiger partial charge on any atom is 0.177 e. The van der Waals surface area contributed by atoms with E-state index in [4.69, 9.17) is 0 Å². The Morgan fingerprint density at radius 1 is 1.73 bits per heavy atom. The van der Waals surface area contributed by atoms with Crippen molar-refractivity contribution >= 4 is 15.9 Å². The number of fused-ring (bicyclic) bond motifs is 1. The fraction of sp³-hybridized carbons (Fsp3) is 0.571. The standard InChI is InChI=1S/C7H9BrN2O/c8-7-9-4-5-6(11)2-1-3-10(5)7/h4,6,11H,1-3H2. The summed E-state index contributed by atoms with van der Waals surface area (Å²) in [5.74, 6) is 0. The van der Waals surface area contributed by atoms with Crippen LogP contribution in [0.15, 0.2) is 10.9 Å². The van der Waals surface area contributed by atoms with Crippen molar-refractivity contribution in [3.63, 3.8) is 0 Å². The van der Waals surface area contributed by atoms with Gasteiger partial charge in [-0.15, -0.1) is 0 Å². The normalized spacial score (nSPS) is 23.3. The minimum Gasteiger partial charge on any atom is -0.387 e. The molecule has 1 aromatic heterocycles. The molecule has 0 aromatic carbocycles. The summed E-state index contributed by atoms with van der Waals surface area (Å²) in [6.07, 6.45) is 3.30. The summed E-state index contributed by atoms with van der Waals surface area (Å²) >= 11 is 3.32. The molecule has 1 atom stereocenters. The largest absolute Gasteiger partial charge is 0.387 e. The molecule has 0 spiro atoms. The monoisotopic (exact) mass is 216 g/mol. The lowest BCUT2D eigenvalue weighted by Crippen LogP contribution is -2.14. The lowest BCUT2D eigenvalue weighted by molar-refractivity contribution is 0.138. The van der Waals surface area contributed by atoms with Gasteiger partial charge in [-0.2, -0.15) is 0 Å². The van der Waals surface area contributed by atoms with Crippen molar-refractivity contribution in [3.8, 4) is 0 Å². The van der Waals surface area contributed by atoms with Crippen LogP contribution in [0.25, 0.3) is 0 Å². The van der Waals surface area contributed by atoms with Crippen LogP contribution in [0, 0.1) is 0 Å². The first-order valence-electron chi connectivity index (χ1n) is 3.68. The van der Waals surface area contributed by atoms with Crippen LogP contribution in [0.2, 0.25) is 0 Å². The highest BCUT2D eigenvalue weighted by atomic mass is 79.9. The number of aliphatic hydroxyl groups is 1. The Morgan fingerprint density at radius 3 is 3.27 bits per heavy atom. The van der Waals surface area contributed by atoms with Crippen LogP contribution in [0.4, 0.5) is 0 Å². The maximum absolute atomic E-state index is 9.49. The first-order chi connectivity index (χ1) is 5.29. The van der Waals surface area contributed by atoms with E-state index < -0.39 is 0 Å². The summed E-state index contributed by atoms with van der Waals surface area (Å²) in [5, 5.41) is 9.49. The molecule has 2 heterocycles. The van der Waals surface area contributed by atoms with E-state index in [2.05, 4.69) is 20.9 Å². The summed E-state index contributed by atoms with van der Waals surface area (Å²) in [6.45, 7) is 0.965. The summed E-state index contributed by atoms with van der Waals surface area (Å²) in [7, 11) is 0. The molecule has 2 rings (SSSR count). The van der Waals surface area contributed by atoms with Crippen molar-refractivity contribution in [2.45, 2.75) is 25.5 Å². The van der Waals surface area contributed by atoms with Gasteiger partial charge in [0, 0.05) is 6.54 Å². The summed E-state index contributed by atoms with van der Waals surface area (Å²) in [5.41, 5.74) is 0.933. The number of imidazole rings is 1. The third kappa shape index (κ3) is 1.10. The van der Waals surface area contributed by atoms with Crippen LogP contribution >= 0.6 is 15.9 Å². The molecule has 1 aromatic rings. The van der Waals surface area contributed by atoms with Gasteiger partial charge in [0.05, 0.1) is 18.0 Å². The number of halogens is 1. The summed E-state index contributed by atoms with van der Waals surface area (Å²) in [6, 6.07) is 0. The second-order valence-electron chi connectivity index (χ2n) is 2.76. The van der Waals surface area contributed by atoms with Crippen LogP contribution < -0.4 is 0 Å². The number of nitrogens with zero attached hydrogens (tertiary/aromatic N) is 2. The van der Waals surface area contributed by atoms with Crippen LogP contribution in [0.1, 0.15) is 24.6 Å². The molecule has 1 aliphatic rings. The van der Waals surface area contributed by atoms with Gasteiger partial charge in [-0.1, -0.05) is 0 Å². The van der Waals surface area contributed by atoms with E-state index in [0.717, 1.165) is 29.8 Å². The minimum absolute atomic E-state index is 0.317. The highest BCUT2D eigenvalue weighted by molar-refractivity contribution is 9.10. The van der Waals surface area contributed by atoms with Crippen molar-refractivity contribution in [1.29, 1.82) is 0 Å². The Morgan fingerprint density at radius 2 is 2.55 bits per heavy atom. The Hall–Kier alpha value is -0.350. The fourth-order valence-electron chi connectivity index (χ4n) is 1.44. The first kappa shape index (κ1) is 7.31. The third-order valence-electron chi connectivity index (χ3n) is 2.04. The second kappa shape index (κ2) is 2.60. The zero-order chi connectivity index (χ0) is 7.84. The number of aromatic nitrogens is 2. The molecular weight excluding hydrogens is 208 g/mol. The van der Waals surface area contributed by atoms with E-state index in [9.17, 15) is 5.11 Å². The van der Waals surface area contributed by atoms with Gasteiger partial charge in [-0.25, -0.2) is 4.98 Å². The van der Waals surface area contributed by atoms with E-state index in [0.29, 0.717) is 0 Å². The highest BCUT2D eigenvalue weighted by Crippen LogP contribution is 2.27. The Labute approximate surface area is 73.2 Å². The molecule has 3 nitrogen and oxygen atoms in total. The van der Waals surface area contributed by atoms with Crippen LogP contribution in [0.5, 0.6) is 0 Å². The second-order valence-corrected chi connectivity index (χ2v) is 3.47. The molecule has 0 bridgehead atoms. The van der Waals surface area contributed by atoms with E-state index >= 15 is 0 Å². The molecule has 0 saturated heterocycles. The molecule has 60 valence electrons. The van der Waals surface area contributed by atoms with Gasteiger partial charge in [0.15, 0.2) is 4.73 Å². The van der Waals surface area contributed by atoms with Gasteiger partial charge in [-0.3, -0.25) is 0 Å². The predicted octanol–water partition coefficient (Wildman–Crippen LogP) is 1.47. The van der Waals surface area contributed by atoms with Crippen molar-refractivity contribution in [2.75, 3.05) is 0 Å². The van der Waals surface area contributed by atoms with Crippen LogP contribution in [-0.4, -0.2) is 14.7 Å². The molecule has 0 aliphatic carbocycles. The zero-order valence-electron chi connectivity index (χ0n) is 6.00. The number of hydrogen-bond acceptors (Lipinski definition) is 2. The van der Waals surface area contributed by atoms with Crippen molar-refractivity contribution in [2.24, 2.45) is 0 Å². The van der Waals surface area contributed by atoms with E-state index in [1.165, 1.54) is 0 Å². The number of aliphatic hydroxyl groups excluding tert-OH is 1. The van der Waals surface area contributed by atoms with E-state index in [1.54, 1.807) is 6.20 Å². The average molecular weight is 217 g/mol. The smallest absolute Gasteiger partial charge is 0.177 e. The van der Waals surface area contributed by atoms with Gasteiger partial charge in [0.25, 0.3) is 0 Å². The van der Waals surface area contributed by atoms with Gasteiger partial charge >= 0.3 is 0 Å². The zero-order valence-corrected chi connectivity index (χ0v) is 7.58. The average Bonchev–Trinajstić information content (AvgIpc) is 2.35.